The van der Waals surface area contributed by atoms with Crippen molar-refractivity contribution in [3.8, 4) is 0 Å². The van der Waals surface area contributed by atoms with Gasteiger partial charge in [-0.25, -0.2) is 4.39 Å². The van der Waals surface area contributed by atoms with E-state index in [9.17, 15) is 4.39 Å². The lowest BCUT2D eigenvalue weighted by Crippen LogP contribution is -2.21. The van der Waals surface area contributed by atoms with Crippen molar-refractivity contribution in [2.75, 3.05) is 6.61 Å². The smallest absolute Gasteiger partial charge is 0.146 e. The molecule has 0 spiro atoms. The Morgan fingerprint density at radius 3 is 2.77 bits per heavy atom. The van der Waals surface area contributed by atoms with Crippen LogP contribution in [0, 0.1) is 11.7 Å². The number of fused-ring (bicyclic) bond motifs is 1. The fourth-order valence-electron chi connectivity index (χ4n) is 3.44. The molecule has 1 nitrogen and oxygen atoms in total. The highest BCUT2D eigenvalue weighted by Gasteiger charge is 2.25. The highest BCUT2D eigenvalue weighted by atomic mass is 32.1. The maximum absolute atomic E-state index is 14.9. The molecule has 1 aromatic carbocycles. The minimum Gasteiger partial charge on any atom is -0.373 e. The lowest BCUT2D eigenvalue weighted by molar-refractivity contribution is -0.0210. The first-order valence-electron chi connectivity index (χ1n) is 8.55. The molecule has 0 amide bonds. The number of benzene rings is 1. The van der Waals surface area contributed by atoms with Crippen LogP contribution in [0.1, 0.15) is 62.5 Å². The molecule has 0 aliphatic carbocycles. The largest absolute Gasteiger partial charge is 0.373 e. The van der Waals surface area contributed by atoms with Crippen molar-refractivity contribution in [3.63, 3.8) is 0 Å². The molecule has 3 heteroatoms. The minimum absolute atomic E-state index is 0.0520. The fraction of sp³-hybridized carbons (Fsp3) is 0.579. The van der Waals surface area contributed by atoms with Crippen LogP contribution in [0.15, 0.2) is 18.2 Å². The Kier molecular flexibility index (Phi) is 5.14. The predicted molar refractivity (Wildman–Crippen MR) is 92.1 cm³/mol. The fourth-order valence-corrected chi connectivity index (χ4v) is 4.65. The molecule has 1 aromatic heterocycles. The summed E-state index contributed by atoms with van der Waals surface area (Å²) >= 11 is 1.60. The molecule has 120 valence electrons. The third-order valence-corrected chi connectivity index (χ3v) is 5.82. The van der Waals surface area contributed by atoms with E-state index >= 15 is 0 Å². The predicted octanol–water partition coefficient (Wildman–Crippen LogP) is 6.26. The van der Waals surface area contributed by atoms with Gasteiger partial charge in [0.25, 0.3) is 0 Å². The van der Waals surface area contributed by atoms with Crippen molar-refractivity contribution in [3.05, 3.63) is 34.5 Å². The van der Waals surface area contributed by atoms with E-state index in [2.05, 4.69) is 26.0 Å². The molecule has 2 heterocycles. The number of thiophene rings is 1. The SMILES string of the molecule is CCCc1cc2ccc(C3CCC(CCC)CO3)c(F)c2s1. The Balaban J connectivity index is 1.81. The van der Waals surface area contributed by atoms with Crippen molar-refractivity contribution in [1.29, 1.82) is 0 Å². The van der Waals surface area contributed by atoms with Crippen LogP contribution in [0.5, 0.6) is 0 Å². The summed E-state index contributed by atoms with van der Waals surface area (Å²) in [6.07, 6.45) is 6.60. The van der Waals surface area contributed by atoms with Gasteiger partial charge in [-0.05, 0) is 43.1 Å². The zero-order valence-electron chi connectivity index (χ0n) is 13.5. The van der Waals surface area contributed by atoms with E-state index in [-0.39, 0.29) is 11.9 Å². The van der Waals surface area contributed by atoms with Crippen LogP contribution in [-0.2, 0) is 11.2 Å². The molecule has 1 saturated heterocycles. The Bertz CT molecular complexity index is 626. The first kappa shape index (κ1) is 15.9. The summed E-state index contributed by atoms with van der Waals surface area (Å²) in [7, 11) is 0. The number of hydrogen-bond acceptors (Lipinski definition) is 2. The summed E-state index contributed by atoms with van der Waals surface area (Å²) in [6, 6.07) is 6.13. The number of aryl methyl sites for hydroxylation is 1. The van der Waals surface area contributed by atoms with Gasteiger partial charge in [0.15, 0.2) is 0 Å². The van der Waals surface area contributed by atoms with Crippen molar-refractivity contribution in [2.45, 2.75) is 58.5 Å². The molecule has 1 aliphatic heterocycles. The van der Waals surface area contributed by atoms with E-state index in [0.717, 1.165) is 47.9 Å². The van der Waals surface area contributed by atoms with Crippen LogP contribution < -0.4 is 0 Å². The highest BCUT2D eigenvalue weighted by Crippen LogP contribution is 2.38. The zero-order valence-corrected chi connectivity index (χ0v) is 14.3. The van der Waals surface area contributed by atoms with Crippen LogP contribution in [-0.4, -0.2) is 6.61 Å². The van der Waals surface area contributed by atoms with Gasteiger partial charge in [-0.2, -0.15) is 0 Å². The van der Waals surface area contributed by atoms with Gasteiger partial charge in [0, 0.05) is 10.4 Å². The van der Waals surface area contributed by atoms with E-state index in [1.165, 1.54) is 17.7 Å². The highest BCUT2D eigenvalue weighted by molar-refractivity contribution is 7.19. The maximum Gasteiger partial charge on any atom is 0.146 e. The van der Waals surface area contributed by atoms with Crippen molar-refractivity contribution < 1.29 is 9.13 Å². The second kappa shape index (κ2) is 7.10. The van der Waals surface area contributed by atoms with Gasteiger partial charge in [-0.15, -0.1) is 11.3 Å². The molecule has 2 unspecified atom stereocenters. The molecule has 0 bridgehead atoms. The van der Waals surface area contributed by atoms with Gasteiger partial charge in [0.2, 0.25) is 0 Å². The summed E-state index contributed by atoms with van der Waals surface area (Å²) in [5.74, 6) is 0.606. The second-order valence-electron chi connectivity index (χ2n) is 6.40. The van der Waals surface area contributed by atoms with Gasteiger partial charge in [0.1, 0.15) is 5.82 Å². The number of hydrogen-bond donors (Lipinski definition) is 0. The summed E-state index contributed by atoms with van der Waals surface area (Å²) in [4.78, 5) is 1.28. The van der Waals surface area contributed by atoms with Gasteiger partial charge in [-0.3, -0.25) is 0 Å². The van der Waals surface area contributed by atoms with Crippen LogP contribution >= 0.6 is 11.3 Å². The summed E-state index contributed by atoms with van der Waals surface area (Å²) in [6.45, 7) is 5.15. The molecule has 22 heavy (non-hydrogen) atoms. The van der Waals surface area contributed by atoms with Gasteiger partial charge in [0.05, 0.1) is 17.4 Å². The Morgan fingerprint density at radius 1 is 1.23 bits per heavy atom. The van der Waals surface area contributed by atoms with E-state index < -0.39 is 0 Å². The first-order chi connectivity index (χ1) is 10.7. The number of rotatable bonds is 5. The molecule has 3 rings (SSSR count). The topological polar surface area (TPSA) is 9.23 Å². The molecular formula is C19H25FOS. The Labute approximate surface area is 136 Å². The first-order valence-corrected chi connectivity index (χ1v) is 9.37. The summed E-state index contributed by atoms with van der Waals surface area (Å²) in [5, 5.41) is 1.04. The normalized spacial score (nSPS) is 22.3. The van der Waals surface area contributed by atoms with Crippen molar-refractivity contribution in [2.24, 2.45) is 5.92 Å². The average molecular weight is 320 g/mol. The Morgan fingerprint density at radius 2 is 2.09 bits per heavy atom. The standard InChI is InChI=1S/C19H25FOS/c1-3-5-13-7-10-17(21-12-13)16-9-8-14-11-15(6-4-2)22-19(14)18(16)20/h8-9,11,13,17H,3-7,10,12H2,1-2H3. The zero-order chi connectivity index (χ0) is 15.5. The average Bonchev–Trinajstić information content (AvgIpc) is 2.93. The van der Waals surface area contributed by atoms with Crippen LogP contribution in [0.4, 0.5) is 4.39 Å². The second-order valence-corrected chi connectivity index (χ2v) is 7.54. The van der Waals surface area contributed by atoms with E-state index in [0.29, 0.717) is 5.92 Å². The number of halogens is 1. The molecule has 2 atom stereocenters. The summed E-state index contributed by atoms with van der Waals surface area (Å²) < 4.78 is 21.7. The molecular weight excluding hydrogens is 295 g/mol. The van der Waals surface area contributed by atoms with Crippen LogP contribution in [0.3, 0.4) is 0 Å². The molecule has 2 aromatic rings. The van der Waals surface area contributed by atoms with Crippen LogP contribution in [0.2, 0.25) is 0 Å². The Hall–Kier alpha value is -0.930. The third-order valence-electron chi connectivity index (χ3n) is 4.62. The van der Waals surface area contributed by atoms with E-state index in [4.69, 9.17) is 4.74 Å². The maximum atomic E-state index is 14.9. The quantitative estimate of drug-likeness (QED) is 0.631. The lowest BCUT2D eigenvalue weighted by atomic mass is 9.91. The monoisotopic (exact) mass is 320 g/mol. The van der Waals surface area contributed by atoms with Crippen LogP contribution in [0.25, 0.3) is 10.1 Å². The molecule has 0 saturated carbocycles. The number of ether oxygens (including phenoxy) is 1. The van der Waals surface area contributed by atoms with Gasteiger partial charge >= 0.3 is 0 Å². The minimum atomic E-state index is -0.0609. The van der Waals surface area contributed by atoms with E-state index in [1.54, 1.807) is 11.3 Å². The third kappa shape index (κ3) is 3.21. The summed E-state index contributed by atoms with van der Waals surface area (Å²) in [5.41, 5.74) is 0.757. The molecule has 0 radical (unpaired) electrons. The molecule has 1 fully saturated rings. The van der Waals surface area contributed by atoms with Gasteiger partial charge < -0.3 is 4.74 Å². The lowest BCUT2D eigenvalue weighted by Gasteiger charge is -2.29. The van der Waals surface area contributed by atoms with Crippen molar-refractivity contribution >= 4 is 21.4 Å². The van der Waals surface area contributed by atoms with E-state index in [1.807, 2.05) is 6.07 Å². The van der Waals surface area contributed by atoms with Crippen molar-refractivity contribution in [1.82, 2.24) is 0 Å². The molecule has 1 aliphatic rings. The van der Waals surface area contributed by atoms with Gasteiger partial charge in [-0.1, -0.05) is 38.8 Å². The molecule has 0 N–H and O–H groups in total.